The van der Waals surface area contributed by atoms with Crippen molar-refractivity contribution in [1.82, 2.24) is 41.0 Å². The van der Waals surface area contributed by atoms with Crippen LogP contribution in [-0.4, -0.2) is 84.3 Å². The third kappa shape index (κ3) is 9.13. The number of hydrogen-bond acceptors (Lipinski definition) is 9. The number of imidazole rings is 1. The molecular weight excluding hydrogens is 737 g/mol. The van der Waals surface area contributed by atoms with E-state index in [9.17, 15) is 19.2 Å². The van der Waals surface area contributed by atoms with Gasteiger partial charge in [0.15, 0.2) is 0 Å². The molecule has 0 spiro atoms. The Labute approximate surface area is 337 Å². The molecule has 0 bridgehead atoms. The maximum atomic E-state index is 13.6. The van der Waals surface area contributed by atoms with Gasteiger partial charge in [0.2, 0.25) is 11.8 Å². The topological polar surface area (TPSA) is 170 Å². The number of likely N-dealkylation sites (N-methyl/N-ethyl adjacent to an activating group) is 2. The minimum Gasteiger partial charge on any atom is -0.453 e. The van der Waals surface area contributed by atoms with Crippen LogP contribution in [0.2, 0.25) is 0 Å². The van der Waals surface area contributed by atoms with Crippen LogP contribution in [0.15, 0.2) is 122 Å². The highest BCUT2D eigenvalue weighted by Gasteiger charge is 2.33. The van der Waals surface area contributed by atoms with Crippen LogP contribution >= 0.6 is 0 Å². The first-order chi connectivity index (χ1) is 28.0. The summed E-state index contributed by atoms with van der Waals surface area (Å²) in [4.78, 5) is 62.6. The Morgan fingerprint density at radius 1 is 0.655 bits per heavy atom. The van der Waals surface area contributed by atoms with Crippen molar-refractivity contribution in [2.75, 3.05) is 28.3 Å². The molecule has 0 radical (unpaired) electrons. The molecule has 5 aromatic rings. The van der Waals surface area contributed by atoms with E-state index < -0.39 is 30.3 Å². The third-order valence-corrected chi connectivity index (χ3v) is 10.5. The van der Waals surface area contributed by atoms with Crippen molar-refractivity contribution in [3.8, 4) is 22.4 Å². The molecule has 0 saturated carbocycles. The third-order valence-electron chi connectivity index (χ3n) is 10.5. The number of carbonyl (C=O) groups is 4. The first kappa shape index (κ1) is 40.6. The van der Waals surface area contributed by atoms with E-state index in [0.717, 1.165) is 33.6 Å². The average molecular weight is 785 g/mol. The monoisotopic (exact) mass is 784 g/mol. The molecule has 6 rings (SSSR count). The van der Waals surface area contributed by atoms with Crippen molar-refractivity contribution in [3.05, 3.63) is 144 Å². The van der Waals surface area contributed by atoms with Gasteiger partial charge in [0.1, 0.15) is 24.1 Å². The molecule has 0 saturated heterocycles. The number of rotatable bonds is 13. The Bertz CT molecular complexity index is 2230. The fraction of sp³-hybridized carbons (Fsp3) is 0.250. The Balaban J connectivity index is 1.06. The van der Waals surface area contributed by atoms with Gasteiger partial charge < -0.3 is 45.5 Å². The second-order valence-electron chi connectivity index (χ2n) is 14.0. The Kier molecular flexibility index (Phi) is 12.8. The lowest BCUT2D eigenvalue weighted by atomic mass is 10.0. The largest absolute Gasteiger partial charge is 0.453 e. The zero-order chi connectivity index (χ0) is 41.3. The molecule has 0 fully saturated rings. The maximum Gasteiger partial charge on any atom is 0.407 e. The van der Waals surface area contributed by atoms with Crippen molar-refractivity contribution in [1.29, 1.82) is 0 Å². The fourth-order valence-electron chi connectivity index (χ4n) is 6.66. The van der Waals surface area contributed by atoms with Crippen LogP contribution in [-0.2, 0) is 19.1 Å². The van der Waals surface area contributed by atoms with Gasteiger partial charge in [0, 0.05) is 20.3 Å². The highest BCUT2D eigenvalue weighted by molar-refractivity contribution is 5.88. The van der Waals surface area contributed by atoms with Gasteiger partial charge in [-0.05, 0) is 47.2 Å². The van der Waals surface area contributed by atoms with E-state index in [2.05, 4.69) is 43.4 Å². The predicted octanol–water partition coefficient (Wildman–Crippen LogP) is 6.12. The Morgan fingerprint density at radius 2 is 1.12 bits per heavy atom. The summed E-state index contributed by atoms with van der Waals surface area (Å²) in [5.41, 5.74) is 6.96. The van der Waals surface area contributed by atoms with Gasteiger partial charge in [0.25, 0.3) is 0 Å². The molecule has 5 atom stereocenters. The normalized spacial score (nSPS) is 15.3. The smallest absolute Gasteiger partial charge is 0.407 e. The molecule has 1 unspecified atom stereocenters. The van der Waals surface area contributed by atoms with Crippen molar-refractivity contribution in [2.45, 2.75) is 44.2 Å². The lowest BCUT2D eigenvalue weighted by Crippen LogP contribution is -2.54. The molecule has 4 amide bonds. The van der Waals surface area contributed by atoms with Gasteiger partial charge in [-0.2, -0.15) is 0 Å². The van der Waals surface area contributed by atoms with Crippen molar-refractivity contribution < 1.29 is 28.7 Å². The van der Waals surface area contributed by atoms with Crippen molar-refractivity contribution in [3.63, 3.8) is 0 Å². The van der Waals surface area contributed by atoms with Gasteiger partial charge in [-0.25, -0.2) is 14.6 Å². The average Bonchev–Trinajstić information content (AvgIpc) is 3.98. The zero-order valence-corrected chi connectivity index (χ0v) is 33.2. The number of aromatic amines is 1. The zero-order valence-electron chi connectivity index (χ0n) is 33.2. The molecular formula is C44H48N8O6. The van der Waals surface area contributed by atoms with Gasteiger partial charge in [-0.1, -0.05) is 109 Å². The maximum absolute atomic E-state index is 13.6. The number of carbonyl (C=O) groups excluding carboxylic acids is 4. The molecule has 2 heterocycles. The van der Waals surface area contributed by atoms with Crippen LogP contribution in [0.25, 0.3) is 28.1 Å². The summed E-state index contributed by atoms with van der Waals surface area (Å²) in [6.45, 7) is 3.81. The summed E-state index contributed by atoms with van der Waals surface area (Å²) in [6, 6.07) is 31.9. The quantitative estimate of drug-likeness (QED) is 0.0944. The highest BCUT2D eigenvalue weighted by atomic mass is 16.5. The van der Waals surface area contributed by atoms with Crippen LogP contribution < -0.4 is 21.3 Å². The molecule has 14 heteroatoms. The molecule has 4 aromatic carbocycles. The predicted molar refractivity (Wildman–Crippen MR) is 220 cm³/mol. The lowest BCUT2D eigenvalue weighted by molar-refractivity contribution is -0.135. The lowest BCUT2D eigenvalue weighted by Gasteiger charge is -2.33. The fourth-order valence-corrected chi connectivity index (χ4v) is 6.66. The molecule has 5 N–H and O–H groups in total. The number of alkyl carbamates (subject to hydrolysis) is 2. The molecule has 1 aliphatic rings. The molecule has 1 aliphatic heterocycles. The Hall–Kier alpha value is -7.09. The first-order valence-corrected chi connectivity index (χ1v) is 18.8. The second-order valence-corrected chi connectivity index (χ2v) is 14.0. The number of methoxy groups -OCH3 is 2. The SMILES string of the molecule is COC(=O)N[C@@H](C(=O)N(C)[C@@H](C)c1ncc(-c2ccc(-c3ccc(C4=CNC([C@H](C)N(C)C(=O)[C@H](NC(=O)OC)c5ccccc5)N4)cc3)cc2)[nH]1)c1ccccc1. The number of nitrogens with one attached hydrogen (secondary N) is 5. The summed E-state index contributed by atoms with van der Waals surface area (Å²) in [5, 5.41) is 12.2. The number of ether oxygens (including phenoxy) is 2. The first-order valence-electron chi connectivity index (χ1n) is 18.8. The van der Waals surface area contributed by atoms with E-state index >= 15 is 0 Å². The van der Waals surface area contributed by atoms with Gasteiger partial charge in [0.05, 0.1) is 43.9 Å². The van der Waals surface area contributed by atoms with E-state index in [1.165, 1.54) is 14.2 Å². The minimum absolute atomic E-state index is 0.271. The number of aromatic nitrogens is 2. The van der Waals surface area contributed by atoms with Crippen molar-refractivity contribution >= 4 is 29.7 Å². The summed E-state index contributed by atoms with van der Waals surface area (Å²) in [7, 11) is 5.91. The van der Waals surface area contributed by atoms with Crippen LogP contribution in [0.4, 0.5) is 9.59 Å². The summed E-state index contributed by atoms with van der Waals surface area (Å²) >= 11 is 0. The molecule has 300 valence electrons. The summed E-state index contributed by atoms with van der Waals surface area (Å²) < 4.78 is 9.56. The van der Waals surface area contributed by atoms with E-state index in [0.29, 0.717) is 17.0 Å². The number of amides is 4. The van der Waals surface area contributed by atoms with E-state index in [1.54, 1.807) is 54.4 Å². The molecule has 1 aromatic heterocycles. The number of hydrogen-bond donors (Lipinski definition) is 5. The van der Waals surface area contributed by atoms with E-state index in [-0.39, 0.29) is 24.0 Å². The van der Waals surface area contributed by atoms with Crippen molar-refractivity contribution in [2.24, 2.45) is 0 Å². The van der Waals surface area contributed by atoms with E-state index in [1.807, 2.05) is 92.8 Å². The standard InChI is InChI=1S/C44H48N8O6/c1-27(51(3)41(53)37(49-43(55)57-5)33-13-9-7-10-14-33)39-45-25-35(47-39)31-21-17-29(18-22-31)30-19-23-32(24-20-30)36-26-46-40(48-36)28(2)52(4)42(54)38(50-44(56)58-6)34-15-11-8-12-16-34/h7-28,37-39,45,47H,1-6H3,(H,46,48)(H,49,55)(H,50,56)/t27-,28-,37+,38+,39?/m0/s1. The minimum atomic E-state index is -0.928. The highest BCUT2D eigenvalue weighted by Crippen LogP contribution is 2.29. The second kappa shape index (κ2) is 18.2. The van der Waals surface area contributed by atoms with Crippen LogP contribution in [0.3, 0.4) is 0 Å². The van der Waals surface area contributed by atoms with Gasteiger partial charge in [-0.3, -0.25) is 9.59 Å². The molecule has 0 aliphatic carbocycles. The van der Waals surface area contributed by atoms with Gasteiger partial charge in [-0.15, -0.1) is 0 Å². The number of H-pyrrole nitrogens is 1. The molecule has 14 nitrogen and oxygen atoms in total. The number of nitrogens with zero attached hydrogens (tertiary/aromatic N) is 3. The summed E-state index contributed by atoms with van der Waals surface area (Å²) in [5.74, 6) is 0.00923. The number of benzene rings is 4. The Morgan fingerprint density at radius 3 is 1.62 bits per heavy atom. The van der Waals surface area contributed by atoms with Gasteiger partial charge >= 0.3 is 12.2 Å². The summed E-state index contributed by atoms with van der Waals surface area (Å²) in [6.07, 6.45) is 1.99. The van der Waals surface area contributed by atoms with Crippen LogP contribution in [0, 0.1) is 0 Å². The van der Waals surface area contributed by atoms with Crippen LogP contribution in [0.1, 0.15) is 54.5 Å². The molecule has 58 heavy (non-hydrogen) atoms. The van der Waals surface area contributed by atoms with Crippen LogP contribution in [0.5, 0.6) is 0 Å². The van der Waals surface area contributed by atoms with E-state index in [4.69, 9.17) is 9.47 Å².